The number of benzene rings is 2. The van der Waals surface area contributed by atoms with Crippen molar-refractivity contribution < 1.29 is 57.6 Å². The van der Waals surface area contributed by atoms with Gasteiger partial charge in [0.05, 0.1) is 92.5 Å². The molecule has 0 spiro atoms. The molecule has 0 saturated carbocycles. The summed E-state index contributed by atoms with van der Waals surface area (Å²) in [5.74, 6) is 2.21. The van der Waals surface area contributed by atoms with E-state index in [1.807, 2.05) is 0 Å². The normalized spacial score (nSPS) is 18.5. The first kappa shape index (κ1) is 33.8. The average molecular weight is 597 g/mol. The number of hydrogen-bond donors (Lipinski definition) is 2. The average Bonchev–Trinajstić information content (AvgIpc) is 3.02. The second-order valence-electron chi connectivity index (χ2n) is 8.95. The lowest BCUT2D eigenvalue weighted by Crippen LogP contribution is -2.16. The Morgan fingerprint density at radius 2 is 0.619 bits per heavy atom. The monoisotopic (exact) mass is 596 g/mol. The number of ether oxygens (including phenoxy) is 10. The van der Waals surface area contributed by atoms with Crippen LogP contribution in [0.1, 0.15) is 11.1 Å². The molecule has 12 heteroatoms. The Kier molecular flexibility index (Phi) is 17.7. The predicted octanol–water partition coefficient (Wildman–Crippen LogP) is 2.00. The number of hydrogen-bond acceptors (Lipinski definition) is 12. The van der Waals surface area contributed by atoms with Gasteiger partial charge >= 0.3 is 0 Å². The minimum absolute atomic E-state index is 0.0947. The van der Waals surface area contributed by atoms with E-state index in [0.717, 1.165) is 11.1 Å². The molecule has 3 rings (SSSR count). The second-order valence-corrected chi connectivity index (χ2v) is 8.95. The quantitative estimate of drug-likeness (QED) is 0.526. The van der Waals surface area contributed by atoms with Gasteiger partial charge < -0.3 is 57.6 Å². The van der Waals surface area contributed by atoms with E-state index in [1.165, 1.54) is 0 Å². The van der Waals surface area contributed by atoms with Gasteiger partial charge in [0.15, 0.2) is 23.0 Å². The van der Waals surface area contributed by atoms with Crippen molar-refractivity contribution >= 4 is 0 Å². The number of aliphatic hydroxyl groups excluding tert-OH is 2. The molecule has 1 heterocycles. The molecular formula is C30H44O12. The van der Waals surface area contributed by atoms with E-state index in [-0.39, 0.29) is 13.2 Å². The van der Waals surface area contributed by atoms with Crippen LogP contribution in [0.3, 0.4) is 0 Å². The third-order valence-corrected chi connectivity index (χ3v) is 5.81. The zero-order chi connectivity index (χ0) is 29.5. The van der Waals surface area contributed by atoms with E-state index in [2.05, 4.69) is 0 Å². The summed E-state index contributed by atoms with van der Waals surface area (Å²) >= 11 is 0. The van der Waals surface area contributed by atoms with Crippen LogP contribution in [0.25, 0.3) is 0 Å². The van der Waals surface area contributed by atoms with Crippen LogP contribution in [0.15, 0.2) is 36.4 Å². The fourth-order valence-corrected chi connectivity index (χ4v) is 3.69. The Morgan fingerprint density at radius 3 is 0.905 bits per heavy atom. The molecule has 42 heavy (non-hydrogen) atoms. The lowest BCUT2D eigenvalue weighted by Gasteiger charge is -2.15. The molecule has 236 valence electrons. The largest absolute Gasteiger partial charge is 0.487 e. The summed E-state index contributed by atoms with van der Waals surface area (Å²) in [6, 6.07) is 10.6. The molecule has 0 bridgehead atoms. The summed E-state index contributed by atoms with van der Waals surface area (Å²) < 4.78 is 56.7. The lowest BCUT2D eigenvalue weighted by molar-refractivity contribution is 0.00247. The van der Waals surface area contributed by atoms with E-state index in [0.29, 0.717) is 129 Å². The maximum atomic E-state index is 9.47. The van der Waals surface area contributed by atoms with Crippen LogP contribution in [0.5, 0.6) is 23.0 Å². The van der Waals surface area contributed by atoms with Gasteiger partial charge in [0.1, 0.15) is 26.4 Å². The van der Waals surface area contributed by atoms with Crippen LogP contribution in [-0.4, -0.2) is 116 Å². The van der Waals surface area contributed by atoms with Crippen molar-refractivity contribution in [3.63, 3.8) is 0 Å². The van der Waals surface area contributed by atoms with Crippen LogP contribution >= 0.6 is 0 Å². The maximum absolute atomic E-state index is 9.47. The van der Waals surface area contributed by atoms with Gasteiger partial charge in [-0.25, -0.2) is 0 Å². The summed E-state index contributed by atoms with van der Waals surface area (Å²) in [4.78, 5) is 0. The van der Waals surface area contributed by atoms with Crippen LogP contribution in [0.2, 0.25) is 0 Å². The zero-order valence-electron chi connectivity index (χ0n) is 24.2. The minimum atomic E-state index is -0.0947. The van der Waals surface area contributed by atoms with Crippen molar-refractivity contribution in [2.45, 2.75) is 13.2 Å². The second kappa shape index (κ2) is 21.9. The molecule has 0 unspecified atom stereocenters. The minimum Gasteiger partial charge on any atom is -0.487 e. The molecule has 12 nitrogen and oxygen atoms in total. The highest BCUT2D eigenvalue weighted by atomic mass is 16.6. The third-order valence-electron chi connectivity index (χ3n) is 5.81. The molecule has 0 fully saturated rings. The maximum Gasteiger partial charge on any atom is 0.161 e. The highest BCUT2D eigenvalue weighted by molar-refractivity contribution is 5.43. The standard InChI is InChI=1S/C30H44O12/c31-23-25-1-3-27-29(21-25)41-19-15-37-11-7-34-8-12-38-16-20-42-30-22-26(24-32)2-4-28(30)40-18-14-36-10-6-33-5-9-35-13-17-39-27/h1-4,21-22,31-32H,5-20,23-24H2. The lowest BCUT2D eigenvalue weighted by atomic mass is 10.2. The van der Waals surface area contributed by atoms with Crippen molar-refractivity contribution in [3.8, 4) is 23.0 Å². The van der Waals surface area contributed by atoms with E-state index in [4.69, 9.17) is 47.4 Å². The molecular weight excluding hydrogens is 552 g/mol. The molecule has 1 aliphatic rings. The van der Waals surface area contributed by atoms with Crippen LogP contribution in [0.4, 0.5) is 0 Å². The summed E-state index contributed by atoms with van der Waals surface area (Å²) in [7, 11) is 0. The summed E-state index contributed by atoms with van der Waals surface area (Å²) in [5.41, 5.74) is 1.45. The number of fused-ring (bicyclic) bond motifs is 2. The first-order valence-corrected chi connectivity index (χ1v) is 14.3. The van der Waals surface area contributed by atoms with Crippen molar-refractivity contribution in [2.75, 3.05) is 106 Å². The summed E-state index contributed by atoms with van der Waals surface area (Å²) in [5, 5.41) is 18.9. The van der Waals surface area contributed by atoms with Crippen molar-refractivity contribution in [3.05, 3.63) is 47.5 Å². The SMILES string of the molecule is OCc1ccc2c(c1)OCCOCCOCCOCCOc1cc(CO)ccc1OCCOCCOCCOCCO2. The Labute approximate surface area is 247 Å². The fraction of sp³-hybridized carbons (Fsp3) is 0.600. The molecule has 0 amide bonds. The van der Waals surface area contributed by atoms with Crippen molar-refractivity contribution in [1.82, 2.24) is 0 Å². The Bertz CT molecular complexity index is 898. The van der Waals surface area contributed by atoms with Crippen LogP contribution < -0.4 is 18.9 Å². The van der Waals surface area contributed by atoms with E-state index in [1.54, 1.807) is 36.4 Å². The van der Waals surface area contributed by atoms with Crippen molar-refractivity contribution in [2.24, 2.45) is 0 Å². The molecule has 0 saturated heterocycles. The van der Waals surface area contributed by atoms with E-state index in [9.17, 15) is 10.2 Å². The van der Waals surface area contributed by atoms with Gasteiger partial charge in [-0.15, -0.1) is 0 Å². The molecule has 1 aliphatic heterocycles. The summed E-state index contributed by atoms with van der Waals surface area (Å²) in [6.07, 6.45) is 0. The van der Waals surface area contributed by atoms with Gasteiger partial charge in [0, 0.05) is 0 Å². The highest BCUT2D eigenvalue weighted by Gasteiger charge is 2.09. The molecule has 2 aromatic carbocycles. The predicted molar refractivity (Wildman–Crippen MR) is 152 cm³/mol. The Hall–Kier alpha value is -2.68. The van der Waals surface area contributed by atoms with E-state index >= 15 is 0 Å². The van der Waals surface area contributed by atoms with Gasteiger partial charge in [-0.05, 0) is 35.4 Å². The van der Waals surface area contributed by atoms with Crippen LogP contribution in [0, 0.1) is 0 Å². The molecule has 0 aromatic heterocycles. The zero-order valence-corrected chi connectivity index (χ0v) is 24.2. The van der Waals surface area contributed by atoms with Gasteiger partial charge in [-0.2, -0.15) is 0 Å². The molecule has 0 radical (unpaired) electrons. The molecule has 0 aliphatic carbocycles. The van der Waals surface area contributed by atoms with E-state index < -0.39 is 0 Å². The molecule has 0 atom stereocenters. The van der Waals surface area contributed by atoms with Gasteiger partial charge in [0.25, 0.3) is 0 Å². The van der Waals surface area contributed by atoms with Crippen LogP contribution in [-0.2, 0) is 41.6 Å². The highest BCUT2D eigenvalue weighted by Crippen LogP contribution is 2.29. The molecule has 2 N–H and O–H groups in total. The third kappa shape index (κ3) is 14.0. The van der Waals surface area contributed by atoms with Gasteiger partial charge in [-0.1, -0.05) is 12.1 Å². The summed E-state index contributed by atoms with van der Waals surface area (Å²) in [6.45, 7) is 6.07. The Morgan fingerprint density at radius 1 is 0.357 bits per heavy atom. The number of rotatable bonds is 2. The van der Waals surface area contributed by atoms with Gasteiger partial charge in [-0.3, -0.25) is 0 Å². The first-order chi connectivity index (χ1) is 20.8. The Balaban J connectivity index is 1.43. The fourth-order valence-electron chi connectivity index (χ4n) is 3.69. The molecule has 2 aromatic rings. The first-order valence-electron chi connectivity index (χ1n) is 14.3. The van der Waals surface area contributed by atoms with Crippen molar-refractivity contribution in [1.29, 1.82) is 0 Å². The number of aliphatic hydroxyl groups is 2. The topological polar surface area (TPSA) is 133 Å². The van der Waals surface area contributed by atoms with Gasteiger partial charge in [0.2, 0.25) is 0 Å². The smallest absolute Gasteiger partial charge is 0.161 e.